The number of rotatable bonds is 4. The van der Waals surface area contributed by atoms with E-state index >= 15 is 0 Å². The maximum Gasteiger partial charge on any atom is 0.131 e. The summed E-state index contributed by atoms with van der Waals surface area (Å²) in [7, 11) is 3.73. The molecule has 0 aromatic carbocycles. The molecule has 0 fully saturated rings. The summed E-state index contributed by atoms with van der Waals surface area (Å²) < 4.78 is 5.00. The zero-order chi connectivity index (χ0) is 9.68. The number of methoxy groups -OCH3 is 1. The largest absolute Gasteiger partial charge is 0.383 e. The van der Waals surface area contributed by atoms with Crippen molar-refractivity contribution in [2.24, 2.45) is 0 Å². The topological polar surface area (TPSA) is 25.4 Å². The molecule has 1 rings (SSSR count). The first-order valence-corrected chi connectivity index (χ1v) is 4.37. The van der Waals surface area contributed by atoms with Gasteiger partial charge in [0.1, 0.15) is 5.82 Å². The van der Waals surface area contributed by atoms with Crippen LogP contribution in [0.5, 0.6) is 0 Å². The number of ether oxygens (including phenoxy) is 1. The summed E-state index contributed by atoms with van der Waals surface area (Å²) in [6.45, 7) is 3.66. The molecule has 0 spiro atoms. The molecule has 1 aromatic heterocycles. The third-order valence-electron chi connectivity index (χ3n) is 1.97. The summed E-state index contributed by atoms with van der Waals surface area (Å²) in [5, 5.41) is 0. The molecule has 0 aliphatic rings. The quantitative estimate of drug-likeness (QED) is 0.701. The second-order valence-electron chi connectivity index (χ2n) is 3.06. The van der Waals surface area contributed by atoms with Crippen molar-refractivity contribution in [3.8, 4) is 0 Å². The molecule has 72 valence electrons. The third-order valence-corrected chi connectivity index (χ3v) is 1.97. The molecular formula is C10H16N2O. The molecule has 0 saturated carbocycles. The molecule has 0 bridgehead atoms. The number of nitrogens with zero attached hydrogens (tertiary/aromatic N) is 2. The molecule has 0 unspecified atom stereocenters. The molecule has 0 radical (unpaired) electrons. The minimum atomic E-state index is 0.729. The third kappa shape index (κ3) is 2.70. The number of aromatic nitrogens is 1. The number of pyridine rings is 1. The van der Waals surface area contributed by atoms with Crippen LogP contribution in [0.15, 0.2) is 18.3 Å². The van der Waals surface area contributed by atoms with Crippen molar-refractivity contribution in [3.63, 3.8) is 0 Å². The smallest absolute Gasteiger partial charge is 0.131 e. The molecule has 3 nitrogen and oxygen atoms in total. The molecule has 0 amide bonds. The van der Waals surface area contributed by atoms with E-state index in [2.05, 4.69) is 22.9 Å². The van der Waals surface area contributed by atoms with Crippen molar-refractivity contribution < 1.29 is 4.74 Å². The molecule has 0 aliphatic carbocycles. The van der Waals surface area contributed by atoms with Crippen molar-refractivity contribution in [3.05, 3.63) is 23.9 Å². The Morgan fingerprint density at radius 2 is 2.31 bits per heavy atom. The first-order valence-electron chi connectivity index (χ1n) is 4.37. The standard InChI is InChI=1S/C10H16N2O/c1-9-5-4-6-11-10(9)12(2)7-8-13-3/h4-6H,7-8H2,1-3H3. The van der Waals surface area contributed by atoms with Gasteiger partial charge >= 0.3 is 0 Å². The Morgan fingerprint density at radius 3 is 2.92 bits per heavy atom. The van der Waals surface area contributed by atoms with Gasteiger partial charge in [0.05, 0.1) is 6.61 Å². The average Bonchev–Trinajstić information content (AvgIpc) is 2.15. The molecule has 0 atom stereocenters. The van der Waals surface area contributed by atoms with Gasteiger partial charge in [-0.3, -0.25) is 0 Å². The van der Waals surface area contributed by atoms with Crippen LogP contribution in [-0.4, -0.2) is 32.3 Å². The van der Waals surface area contributed by atoms with Crippen LogP contribution < -0.4 is 4.90 Å². The summed E-state index contributed by atoms with van der Waals surface area (Å²) in [5.74, 6) is 1.03. The minimum absolute atomic E-state index is 0.729. The van der Waals surface area contributed by atoms with E-state index in [1.165, 1.54) is 5.56 Å². The molecule has 1 heterocycles. The summed E-state index contributed by atoms with van der Waals surface area (Å²) in [6, 6.07) is 4.01. The van der Waals surface area contributed by atoms with Gasteiger partial charge in [-0.25, -0.2) is 4.98 Å². The Hall–Kier alpha value is -1.09. The first-order chi connectivity index (χ1) is 6.25. The van der Waals surface area contributed by atoms with Gasteiger partial charge in [0, 0.05) is 26.9 Å². The van der Waals surface area contributed by atoms with Crippen LogP contribution in [0.3, 0.4) is 0 Å². The van der Waals surface area contributed by atoms with Crippen LogP contribution in [0.25, 0.3) is 0 Å². The second-order valence-corrected chi connectivity index (χ2v) is 3.06. The van der Waals surface area contributed by atoms with Gasteiger partial charge in [0.15, 0.2) is 0 Å². The van der Waals surface area contributed by atoms with Crippen molar-refractivity contribution in [1.82, 2.24) is 4.98 Å². The predicted molar refractivity (Wildman–Crippen MR) is 54.1 cm³/mol. The average molecular weight is 180 g/mol. The summed E-state index contributed by atoms with van der Waals surface area (Å²) in [6.07, 6.45) is 1.81. The Kier molecular flexibility index (Phi) is 3.71. The van der Waals surface area contributed by atoms with Gasteiger partial charge in [-0.2, -0.15) is 0 Å². The molecule has 3 heteroatoms. The zero-order valence-electron chi connectivity index (χ0n) is 8.45. The van der Waals surface area contributed by atoms with E-state index in [4.69, 9.17) is 4.74 Å². The maximum absolute atomic E-state index is 5.00. The van der Waals surface area contributed by atoms with Gasteiger partial charge in [0.25, 0.3) is 0 Å². The van der Waals surface area contributed by atoms with Gasteiger partial charge in [-0.05, 0) is 18.6 Å². The lowest BCUT2D eigenvalue weighted by atomic mass is 10.3. The summed E-state index contributed by atoms with van der Waals surface area (Å²) >= 11 is 0. The lowest BCUT2D eigenvalue weighted by Gasteiger charge is -2.19. The van der Waals surface area contributed by atoms with Crippen LogP contribution in [0.2, 0.25) is 0 Å². The van der Waals surface area contributed by atoms with E-state index in [9.17, 15) is 0 Å². The van der Waals surface area contributed by atoms with Gasteiger partial charge in [-0.1, -0.05) is 6.07 Å². The number of hydrogen-bond donors (Lipinski definition) is 0. The number of anilines is 1. The Morgan fingerprint density at radius 1 is 1.54 bits per heavy atom. The van der Waals surface area contributed by atoms with E-state index < -0.39 is 0 Å². The lowest BCUT2D eigenvalue weighted by Crippen LogP contribution is -2.23. The van der Waals surface area contributed by atoms with E-state index in [-0.39, 0.29) is 0 Å². The van der Waals surface area contributed by atoms with Gasteiger partial charge in [-0.15, -0.1) is 0 Å². The maximum atomic E-state index is 5.00. The number of aryl methyl sites for hydroxylation is 1. The summed E-state index contributed by atoms with van der Waals surface area (Å²) in [4.78, 5) is 6.40. The van der Waals surface area contributed by atoms with Crippen LogP contribution in [0, 0.1) is 6.92 Å². The fourth-order valence-electron chi connectivity index (χ4n) is 1.21. The highest BCUT2D eigenvalue weighted by Crippen LogP contribution is 2.13. The van der Waals surface area contributed by atoms with E-state index in [0.29, 0.717) is 0 Å². The monoisotopic (exact) mass is 180 g/mol. The highest BCUT2D eigenvalue weighted by atomic mass is 16.5. The van der Waals surface area contributed by atoms with E-state index in [1.54, 1.807) is 7.11 Å². The molecule has 0 saturated heterocycles. The first kappa shape index (κ1) is 9.99. The molecule has 1 aromatic rings. The number of hydrogen-bond acceptors (Lipinski definition) is 3. The van der Waals surface area contributed by atoms with E-state index in [0.717, 1.165) is 19.0 Å². The van der Waals surface area contributed by atoms with Crippen LogP contribution in [0.1, 0.15) is 5.56 Å². The fourth-order valence-corrected chi connectivity index (χ4v) is 1.21. The van der Waals surface area contributed by atoms with Crippen LogP contribution in [-0.2, 0) is 4.74 Å². The SMILES string of the molecule is COCCN(C)c1ncccc1C. The zero-order valence-corrected chi connectivity index (χ0v) is 8.45. The van der Waals surface area contributed by atoms with Crippen molar-refractivity contribution in [2.45, 2.75) is 6.92 Å². The fraction of sp³-hybridized carbons (Fsp3) is 0.500. The Labute approximate surface area is 79.3 Å². The normalized spacial score (nSPS) is 10.1. The van der Waals surface area contributed by atoms with Gasteiger partial charge < -0.3 is 9.64 Å². The highest BCUT2D eigenvalue weighted by Gasteiger charge is 2.03. The highest BCUT2D eigenvalue weighted by molar-refractivity contribution is 5.44. The number of likely N-dealkylation sites (N-methyl/N-ethyl adjacent to an activating group) is 1. The van der Waals surface area contributed by atoms with Crippen molar-refractivity contribution in [2.75, 3.05) is 32.2 Å². The Balaban J connectivity index is 2.65. The lowest BCUT2D eigenvalue weighted by molar-refractivity contribution is 0.206. The summed E-state index contributed by atoms with van der Waals surface area (Å²) in [5.41, 5.74) is 1.20. The van der Waals surface area contributed by atoms with Crippen LogP contribution >= 0.6 is 0 Å². The molecular weight excluding hydrogens is 164 g/mol. The Bertz CT molecular complexity index is 263. The van der Waals surface area contributed by atoms with Crippen LogP contribution in [0.4, 0.5) is 5.82 Å². The van der Waals surface area contributed by atoms with Crippen molar-refractivity contribution >= 4 is 5.82 Å². The van der Waals surface area contributed by atoms with Crippen molar-refractivity contribution in [1.29, 1.82) is 0 Å². The molecule has 0 aliphatic heterocycles. The minimum Gasteiger partial charge on any atom is -0.383 e. The predicted octanol–water partition coefficient (Wildman–Crippen LogP) is 1.47. The molecule has 0 N–H and O–H groups in total. The second kappa shape index (κ2) is 4.82. The van der Waals surface area contributed by atoms with E-state index in [1.807, 2.05) is 19.3 Å². The molecule has 13 heavy (non-hydrogen) atoms. The van der Waals surface area contributed by atoms with Gasteiger partial charge in [0.2, 0.25) is 0 Å².